The van der Waals surface area contributed by atoms with E-state index in [0.29, 0.717) is 18.6 Å². The lowest BCUT2D eigenvalue weighted by atomic mass is 9.93. The van der Waals surface area contributed by atoms with Crippen molar-refractivity contribution in [2.75, 3.05) is 39.1 Å². The maximum absolute atomic E-state index is 14.7. The number of likely N-dealkylation sites (tertiary alicyclic amines) is 1. The van der Waals surface area contributed by atoms with Gasteiger partial charge < -0.3 is 29.9 Å². The molecule has 250 valence electrons. The summed E-state index contributed by atoms with van der Waals surface area (Å²) >= 11 is 0. The number of hydrogen-bond acceptors (Lipinski definition) is 13. The molecule has 3 unspecified atom stereocenters. The van der Waals surface area contributed by atoms with Gasteiger partial charge in [-0.15, -0.1) is 0 Å². The third-order valence-corrected chi connectivity index (χ3v) is 9.21. The number of nitriles is 1. The number of nitrogens with one attached hydrogen (secondary N) is 1. The first-order valence-corrected chi connectivity index (χ1v) is 15.8. The fourth-order valence-electron chi connectivity index (χ4n) is 4.85. The van der Waals surface area contributed by atoms with Crippen molar-refractivity contribution in [3.8, 4) is 11.8 Å². The second-order valence-corrected chi connectivity index (χ2v) is 12.4. The van der Waals surface area contributed by atoms with Gasteiger partial charge in [-0.05, 0) is 37.7 Å². The predicted molar refractivity (Wildman–Crippen MR) is 159 cm³/mol. The number of aromatic nitrogens is 3. The molecule has 0 bridgehead atoms. The number of rotatable bonds is 14. The zero-order valence-corrected chi connectivity index (χ0v) is 26.2. The Hall–Kier alpha value is -3.75. The quantitative estimate of drug-likeness (QED) is 0.143. The van der Waals surface area contributed by atoms with Crippen LogP contribution < -0.4 is 15.3 Å². The Bertz CT molecular complexity index is 1590. The number of para-hydroxylation sites is 1. The van der Waals surface area contributed by atoms with Crippen molar-refractivity contribution in [2.24, 2.45) is 0 Å². The van der Waals surface area contributed by atoms with Gasteiger partial charge >= 0.3 is 13.7 Å². The third-order valence-electron chi connectivity index (χ3n) is 7.59. The molecular weight excluding hydrogens is 631 g/mol. The van der Waals surface area contributed by atoms with E-state index in [1.807, 2.05) is 0 Å². The summed E-state index contributed by atoms with van der Waals surface area (Å²) in [6, 6.07) is 10.8. The van der Waals surface area contributed by atoms with Gasteiger partial charge in [0.1, 0.15) is 48.5 Å². The number of nitrogens with zero attached hydrogens (tertiary/aromatic N) is 5. The molecule has 1 saturated heterocycles. The van der Waals surface area contributed by atoms with E-state index in [-0.39, 0.29) is 23.7 Å². The van der Waals surface area contributed by atoms with Crippen LogP contribution in [0.4, 0.5) is 14.6 Å². The summed E-state index contributed by atoms with van der Waals surface area (Å²) in [4.78, 5) is 18.3. The van der Waals surface area contributed by atoms with Gasteiger partial charge in [-0.1, -0.05) is 25.1 Å². The van der Waals surface area contributed by atoms with E-state index in [4.69, 9.17) is 24.3 Å². The molecule has 1 fully saturated rings. The van der Waals surface area contributed by atoms with Crippen molar-refractivity contribution < 1.29 is 46.9 Å². The van der Waals surface area contributed by atoms with Crippen LogP contribution in [0.3, 0.4) is 0 Å². The normalized spacial score (nSPS) is 21.3. The molecule has 18 heteroatoms. The molecule has 0 spiro atoms. The van der Waals surface area contributed by atoms with Crippen LogP contribution in [0.5, 0.6) is 5.75 Å². The largest absolute Gasteiger partial charge is 0.459 e. The van der Waals surface area contributed by atoms with E-state index in [1.54, 1.807) is 31.2 Å². The third kappa shape index (κ3) is 7.61. The van der Waals surface area contributed by atoms with Crippen molar-refractivity contribution in [1.82, 2.24) is 24.6 Å². The van der Waals surface area contributed by atoms with E-state index in [0.717, 1.165) is 13.4 Å². The number of alkyl halides is 2. The molecule has 6 atom stereocenters. The minimum Gasteiger partial charge on any atom is -0.455 e. The van der Waals surface area contributed by atoms with Gasteiger partial charge in [0.05, 0.1) is 12.2 Å². The number of ether oxygens (including phenoxy) is 2. The number of fused-ring (bicyclic) bond motifs is 1. The lowest BCUT2D eigenvalue weighted by molar-refractivity contribution is -0.189. The summed E-state index contributed by atoms with van der Waals surface area (Å²) in [6.07, 6.45) is -4.52. The van der Waals surface area contributed by atoms with E-state index in [2.05, 4.69) is 15.2 Å². The van der Waals surface area contributed by atoms with Gasteiger partial charge in [0.25, 0.3) is 5.92 Å². The highest BCUT2D eigenvalue weighted by Gasteiger charge is 2.49. The summed E-state index contributed by atoms with van der Waals surface area (Å²) in [5.74, 6) is -4.34. The molecule has 46 heavy (non-hydrogen) atoms. The second kappa shape index (κ2) is 14.3. The van der Waals surface area contributed by atoms with E-state index < -0.39 is 62.7 Å². The van der Waals surface area contributed by atoms with Crippen LogP contribution in [0.2, 0.25) is 0 Å². The molecule has 2 aromatic heterocycles. The van der Waals surface area contributed by atoms with E-state index in [9.17, 15) is 33.6 Å². The molecule has 3 heterocycles. The van der Waals surface area contributed by atoms with Crippen molar-refractivity contribution >= 4 is 25.1 Å². The van der Waals surface area contributed by atoms with Crippen LogP contribution in [0, 0.1) is 11.3 Å². The van der Waals surface area contributed by atoms with Crippen LogP contribution in [-0.4, -0.2) is 98.8 Å². The fourth-order valence-corrected chi connectivity index (χ4v) is 6.37. The average Bonchev–Trinajstić information content (AvgIpc) is 3.48. The highest BCUT2D eigenvalue weighted by atomic mass is 31.2. The van der Waals surface area contributed by atoms with Crippen LogP contribution in [-0.2, 0) is 23.4 Å². The fraction of sp³-hybridized carbons (Fsp3) is 0.500. The Labute approximate surface area is 263 Å². The Morgan fingerprint density at radius 2 is 2.02 bits per heavy atom. The highest BCUT2D eigenvalue weighted by molar-refractivity contribution is 7.52. The summed E-state index contributed by atoms with van der Waals surface area (Å²) in [5.41, 5.74) is 3.82. The Morgan fingerprint density at radius 1 is 1.30 bits per heavy atom. The van der Waals surface area contributed by atoms with Gasteiger partial charge in [0.2, 0.25) is 5.60 Å². The first-order chi connectivity index (χ1) is 21.8. The van der Waals surface area contributed by atoms with Crippen LogP contribution in [0.15, 0.2) is 48.8 Å². The zero-order valence-electron chi connectivity index (χ0n) is 25.3. The molecule has 1 aliphatic rings. The second-order valence-electron chi connectivity index (χ2n) is 10.7. The molecule has 5 N–H and O–H groups in total. The molecule has 1 aromatic carbocycles. The number of aliphatic hydroxyl groups is 2. The summed E-state index contributed by atoms with van der Waals surface area (Å²) in [5, 5.41) is 38.7. The minimum absolute atomic E-state index is 0.0213. The van der Waals surface area contributed by atoms with Gasteiger partial charge in [0.15, 0.2) is 11.9 Å². The first-order valence-electron chi connectivity index (χ1n) is 14.3. The lowest BCUT2D eigenvalue weighted by Gasteiger charge is -2.37. The first kappa shape index (κ1) is 35.1. The number of esters is 1. The molecule has 15 nitrogen and oxygen atoms in total. The summed E-state index contributed by atoms with van der Waals surface area (Å²) in [6.45, 7) is 2.12. The van der Waals surface area contributed by atoms with Gasteiger partial charge in [-0.2, -0.15) is 15.4 Å². The average molecular weight is 668 g/mol. The molecule has 0 saturated carbocycles. The SMILES string of the molecule is CCN1CCC(OC(=O)[C@H](C)NP(=O)(OCC(C#N)(OC)[C@@H](O)[C@@H](O)c2ccc3c(N)ncnn23)Oc2ccccc2)C(F)(F)C1. The van der Waals surface area contributed by atoms with Crippen molar-refractivity contribution in [2.45, 2.75) is 56.1 Å². The van der Waals surface area contributed by atoms with Gasteiger partial charge in [-0.25, -0.2) is 22.8 Å². The number of nitrogen functional groups attached to an aromatic ring is 1. The van der Waals surface area contributed by atoms with Crippen molar-refractivity contribution in [3.05, 3.63) is 54.5 Å². The summed E-state index contributed by atoms with van der Waals surface area (Å²) in [7, 11) is -3.61. The topological polar surface area (TPSA) is 207 Å². The summed E-state index contributed by atoms with van der Waals surface area (Å²) < 4.78 is 66.2. The minimum atomic E-state index is -4.66. The molecular formula is C28H36F2N7O8P. The Kier molecular flexibility index (Phi) is 11.0. The van der Waals surface area contributed by atoms with Crippen LogP contribution >= 0.6 is 7.75 Å². The monoisotopic (exact) mass is 667 g/mol. The standard InChI is InChI=1S/C28H36F2N7O8P/c1-4-36-13-12-22(28(29,30)15-36)44-26(40)18(2)35-46(41,45-19-8-6-5-7-9-19)43-16-27(14-31,42-3)24(39)23(38)20-10-11-21-25(32)33-17-34-37(20)21/h5-11,17-18,22-24,38-39H,4,12-13,15-16H2,1-3H3,(H,35,41)(H2,32,33,34)/t18-,22?,23-,24-,27?,46?/m0/s1. The van der Waals surface area contributed by atoms with Crippen LogP contribution in [0.25, 0.3) is 5.52 Å². The molecule has 0 aliphatic carbocycles. The van der Waals surface area contributed by atoms with Crippen molar-refractivity contribution in [1.29, 1.82) is 5.26 Å². The van der Waals surface area contributed by atoms with E-state index >= 15 is 0 Å². The number of benzene rings is 1. The Morgan fingerprint density at radius 3 is 2.65 bits per heavy atom. The van der Waals surface area contributed by atoms with E-state index in [1.165, 1.54) is 40.6 Å². The number of carbonyl (C=O) groups excluding carboxylic acids is 1. The number of halogens is 2. The molecule has 0 radical (unpaired) electrons. The smallest absolute Gasteiger partial charge is 0.455 e. The lowest BCUT2D eigenvalue weighted by Crippen LogP contribution is -2.54. The highest BCUT2D eigenvalue weighted by Crippen LogP contribution is 2.46. The number of methoxy groups -OCH3 is 1. The van der Waals surface area contributed by atoms with Crippen LogP contribution in [0.1, 0.15) is 32.1 Å². The number of piperidine rings is 1. The number of carbonyl (C=O) groups is 1. The van der Waals surface area contributed by atoms with Crippen molar-refractivity contribution in [3.63, 3.8) is 0 Å². The number of anilines is 1. The van der Waals surface area contributed by atoms with Gasteiger partial charge in [-0.3, -0.25) is 14.2 Å². The maximum Gasteiger partial charge on any atom is 0.459 e. The Balaban J connectivity index is 1.54. The zero-order chi connectivity index (χ0) is 33.7. The van der Waals surface area contributed by atoms with Gasteiger partial charge in [0, 0.05) is 20.1 Å². The number of hydrogen-bond donors (Lipinski definition) is 4. The number of aliphatic hydroxyl groups excluding tert-OH is 2. The predicted octanol–water partition coefficient (Wildman–Crippen LogP) is 2.07. The molecule has 4 rings (SSSR count). The molecule has 3 aromatic rings. The number of nitrogens with two attached hydrogens (primary N) is 1. The molecule has 1 aliphatic heterocycles. The maximum atomic E-state index is 14.7. The molecule has 0 amide bonds.